The van der Waals surface area contributed by atoms with Crippen LogP contribution in [0.2, 0.25) is 0 Å². The fraction of sp³-hybridized carbons (Fsp3) is 0.353. The summed E-state index contributed by atoms with van der Waals surface area (Å²) in [5, 5.41) is 0. The Morgan fingerprint density at radius 3 is 2.39 bits per heavy atom. The second kappa shape index (κ2) is 5.34. The molecule has 1 heteroatoms. The van der Waals surface area contributed by atoms with E-state index in [1.54, 1.807) is 0 Å². The molecule has 1 aromatic heterocycles. The third kappa shape index (κ3) is 2.61. The van der Waals surface area contributed by atoms with Crippen LogP contribution in [0.3, 0.4) is 0 Å². The maximum absolute atomic E-state index is 4.37. The molecule has 0 N–H and O–H groups in total. The Balaban J connectivity index is 2.34. The predicted octanol–water partition coefficient (Wildman–Crippen LogP) is 4.41. The van der Waals surface area contributed by atoms with E-state index in [0.29, 0.717) is 5.92 Å². The Hall–Kier alpha value is -1.63. The van der Waals surface area contributed by atoms with Gasteiger partial charge in [0.2, 0.25) is 0 Å². The summed E-state index contributed by atoms with van der Waals surface area (Å²) in [6.07, 6.45) is 2.92. The van der Waals surface area contributed by atoms with E-state index in [1.807, 2.05) is 6.20 Å². The molecular formula is C17H21N. The minimum atomic E-state index is 0.428. The molecule has 0 bridgehead atoms. The number of rotatable bonds is 3. The minimum Gasteiger partial charge on any atom is -0.261 e. The van der Waals surface area contributed by atoms with Gasteiger partial charge in [-0.25, -0.2) is 0 Å². The lowest BCUT2D eigenvalue weighted by Crippen LogP contribution is -1.99. The maximum Gasteiger partial charge on any atom is 0.0403 e. The summed E-state index contributed by atoms with van der Waals surface area (Å²) >= 11 is 0. The minimum absolute atomic E-state index is 0.428. The molecule has 1 unspecified atom stereocenters. The number of nitrogens with zero attached hydrogens (tertiary/aromatic N) is 1. The van der Waals surface area contributed by atoms with Crippen LogP contribution in [-0.4, -0.2) is 4.98 Å². The number of aryl methyl sites for hydroxylation is 3. The van der Waals surface area contributed by atoms with Crippen LogP contribution in [0.1, 0.15) is 47.7 Å². The van der Waals surface area contributed by atoms with Gasteiger partial charge in [0.25, 0.3) is 0 Å². The van der Waals surface area contributed by atoms with E-state index in [1.165, 1.54) is 27.9 Å². The lowest BCUT2D eigenvalue weighted by molar-refractivity contribution is 0.899. The Kier molecular flexibility index (Phi) is 3.81. The van der Waals surface area contributed by atoms with Crippen LogP contribution in [0.5, 0.6) is 0 Å². The first kappa shape index (κ1) is 12.8. The van der Waals surface area contributed by atoms with E-state index in [4.69, 9.17) is 0 Å². The Labute approximate surface area is 110 Å². The van der Waals surface area contributed by atoms with Gasteiger partial charge in [-0.2, -0.15) is 0 Å². The zero-order valence-electron chi connectivity index (χ0n) is 11.7. The second-order valence-corrected chi connectivity index (χ2v) is 5.00. The van der Waals surface area contributed by atoms with Crippen molar-refractivity contribution in [1.82, 2.24) is 4.98 Å². The number of hydrogen-bond donors (Lipinski definition) is 0. The molecule has 18 heavy (non-hydrogen) atoms. The van der Waals surface area contributed by atoms with E-state index in [0.717, 1.165) is 6.42 Å². The first-order valence-electron chi connectivity index (χ1n) is 6.63. The summed E-state index contributed by atoms with van der Waals surface area (Å²) in [4.78, 5) is 4.37. The fourth-order valence-corrected chi connectivity index (χ4v) is 2.19. The van der Waals surface area contributed by atoms with Gasteiger partial charge in [-0.15, -0.1) is 0 Å². The van der Waals surface area contributed by atoms with E-state index in [2.05, 4.69) is 63.0 Å². The average Bonchev–Trinajstić information content (AvgIpc) is 2.41. The Morgan fingerprint density at radius 2 is 1.72 bits per heavy atom. The predicted molar refractivity (Wildman–Crippen MR) is 77.0 cm³/mol. The van der Waals surface area contributed by atoms with Crippen molar-refractivity contribution in [2.75, 3.05) is 0 Å². The van der Waals surface area contributed by atoms with E-state index >= 15 is 0 Å². The molecule has 2 rings (SSSR count). The highest BCUT2D eigenvalue weighted by atomic mass is 14.7. The molecule has 1 atom stereocenters. The highest BCUT2D eigenvalue weighted by Crippen LogP contribution is 2.25. The monoisotopic (exact) mass is 239 g/mol. The first-order chi connectivity index (χ1) is 8.61. The fourth-order valence-electron chi connectivity index (χ4n) is 2.19. The summed E-state index contributed by atoms with van der Waals surface area (Å²) in [5.41, 5.74) is 6.62. The molecule has 0 radical (unpaired) electrons. The molecule has 0 aliphatic carbocycles. The van der Waals surface area contributed by atoms with Gasteiger partial charge in [-0.05, 0) is 54.7 Å². The second-order valence-electron chi connectivity index (χ2n) is 5.00. The summed E-state index contributed by atoms with van der Waals surface area (Å²) < 4.78 is 0. The van der Waals surface area contributed by atoms with Crippen LogP contribution in [0.25, 0.3) is 0 Å². The largest absolute Gasteiger partial charge is 0.261 e. The van der Waals surface area contributed by atoms with Gasteiger partial charge in [0, 0.05) is 17.8 Å². The van der Waals surface area contributed by atoms with Gasteiger partial charge in [0.05, 0.1) is 0 Å². The van der Waals surface area contributed by atoms with Crippen LogP contribution in [-0.2, 0) is 6.42 Å². The summed E-state index contributed by atoms with van der Waals surface area (Å²) in [6, 6.07) is 11.1. The zero-order valence-corrected chi connectivity index (χ0v) is 11.7. The quantitative estimate of drug-likeness (QED) is 0.773. The van der Waals surface area contributed by atoms with Crippen molar-refractivity contribution in [3.63, 3.8) is 0 Å². The summed E-state index contributed by atoms with van der Waals surface area (Å²) in [5.74, 6) is 0.428. The molecule has 0 spiro atoms. The summed E-state index contributed by atoms with van der Waals surface area (Å²) in [7, 11) is 0. The van der Waals surface area contributed by atoms with Crippen LogP contribution in [0.4, 0.5) is 0 Å². The van der Waals surface area contributed by atoms with E-state index in [-0.39, 0.29) is 0 Å². The molecule has 0 aliphatic rings. The van der Waals surface area contributed by atoms with Crippen molar-refractivity contribution in [2.24, 2.45) is 0 Å². The highest BCUT2D eigenvalue weighted by molar-refractivity contribution is 5.37. The zero-order chi connectivity index (χ0) is 13.1. The molecule has 0 saturated heterocycles. The van der Waals surface area contributed by atoms with Crippen LogP contribution in [0, 0.1) is 13.8 Å². The Morgan fingerprint density at radius 1 is 1.00 bits per heavy atom. The number of benzene rings is 1. The molecular weight excluding hydrogens is 218 g/mol. The highest BCUT2D eigenvalue weighted by Gasteiger charge is 2.09. The number of pyridine rings is 1. The maximum atomic E-state index is 4.37. The number of hydrogen-bond acceptors (Lipinski definition) is 1. The molecule has 2 aromatic rings. The molecule has 1 aromatic carbocycles. The summed E-state index contributed by atoms with van der Waals surface area (Å²) in [6.45, 7) is 8.74. The van der Waals surface area contributed by atoms with Crippen LogP contribution < -0.4 is 0 Å². The van der Waals surface area contributed by atoms with Crippen molar-refractivity contribution in [1.29, 1.82) is 0 Å². The first-order valence-corrected chi connectivity index (χ1v) is 6.63. The lowest BCUT2D eigenvalue weighted by Gasteiger charge is -2.14. The lowest BCUT2D eigenvalue weighted by atomic mass is 9.91. The van der Waals surface area contributed by atoms with Crippen LogP contribution in [0.15, 0.2) is 36.5 Å². The van der Waals surface area contributed by atoms with Gasteiger partial charge in [-0.1, -0.05) is 32.0 Å². The van der Waals surface area contributed by atoms with E-state index in [9.17, 15) is 0 Å². The average molecular weight is 239 g/mol. The Bertz CT molecular complexity index is 543. The number of aromatic nitrogens is 1. The van der Waals surface area contributed by atoms with Crippen molar-refractivity contribution in [3.8, 4) is 0 Å². The molecule has 94 valence electrons. The molecule has 0 fully saturated rings. The van der Waals surface area contributed by atoms with Crippen LogP contribution >= 0.6 is 0 Å². The van der Waals surface area contributed by atoms with Gasteiger partial charge >= 0.3 is 0 Å². The third-order valence-corrected chi connectivity index (χ3v) is 3.73. The molecule has 1 heterocycles. The smallest absolute Gasteiger partial charge is 0.0403 e. The van der Waals surface area contributed by atoms with Crippen molar-refractivity contribution in [3.05, 3.63) is 64.5 Å². The standard InChI is InChI=1S/C17H21N/c1-5-17-11-16(8-9-18-17)14(4)15-7-6-12(2)13(3)10-15/h6-11,14H,5H2,1-4H3. The van der Waals surface area contributed by atoms with Gasteiger partial charge in [0.1, 0.15) is 0 Å². The molecule has 0 amide bonds. The SMILES string of the molecule is CCc1cc(C(C)c2ccc(C)c(C)c2)ccn1. The van der Waals surface area contributed by atoms with Crippen molar-refractivity contribution >= 4 is 0 Å². The normalized spacial score (nSPS) is 12.4. The van der Waals surface area contributed by atoms with Gasteiger partial charge in [-0.3, -0.25) is 4.98 Å². The molecule has 1 nitrogen and oxygen atoms in total. The van der Waals surface area contributed by atoms with Crippen molar-refractivity contribution < 1.29 is 0 Å². The third-order valence-electron chi connectivity index (χ3n) is 3.73. The van der Waals surface area contributed by atoms with E-state index < -0.39 is 0 Å². The molecule has 0 saturated carbocycles. The van der Waals surface area contributed by atoms with Gasteiger partial charge < -0.3 is 0 Å². The topological polar surface area (TPSA) is 12.9 Å². The van der Waals surface area contributed by atoms with Gasteiger partial charge in [0.15, 0.2) is 0 Å². The van der Waals surface area contributed by atoms with Crippen molar-refractivity contribution in [2.45, 2.75) is 40.0 Å². The molecule has 0 aliphatic heterocycles.